The number of carbonyl (C=O) groups excluding carboxylic acids is 1. The molecule has 0 bridgehead atoms. The quantitative estimate of drug-likeness (QED) is 0.317. The molecule has 30 heavy (non-hydrogen) atoms. The van der Waals surface area contributed by atoms with Crippen LogP contribution >= 0.6 is 0 Å². The summed E-state index contributed by atoms with van der Waals surface area (Å²) in [5.74, 6) is 0.912. The zero-order valence-electron chi connectivity index (χ0n) is 18.7. The lowest BCUT2D eigenvalue weighted by Crippen LogP contribution is -2.33. The van der Waals surface area contributed by atoms with Gasteiger partial charge in [-0.15, -0.1) is 0 Å². The maximum Gasteiger partial charge on any atom is 0.337 e. The van der Waals surface area contributed by atoms with E-state index in [2.05, 4.69) is 35.7 Å². The minimum Gasteiger partial charge on any atom is -0.403 e. The van der Waals surface area contributed by atoms with Gasteiger partial charge in [0.1, 0.15) is 5.84 Å². The van der Waals surface area contributed by atoms with Crippen molar-refractivity contribution < 1.29 is 9.21 Å². The molecule has 0 fully saturated rings. The van der Waals surface area contributed by atoms with Gasteiger partial charge in [0.15, 0.2) is 0 Å². The second kappa shape index (κ2) is 11.5. The van der Waals surface area contributed by atoms with Crippen molar-refractivity contribution in [1.29, 1.82) is 0 Å². The van der Waals surface area contributed by atoms with E-state index >= 15 is 0 Å². The second-order valence-electron chi connectivity index (χ2n) is 7.61. The lowest BCUT2D eigenvalue weighted by molar-refractivity contribution is -0.119. The van der Waals surface area contributed by atoms with Crippen LogP contribution in [-0.4, -0.2) is 42.0 Å². The smallest absolute Gasteiger partial charge is 0.337 e. The van der Waals surface area contributed by atoms with Crippen LogP contribution in [0, 0.1) is 0 Å². The summed E-state index contributed by atoms with van der Waals surface area (Å²) in [4.78, 5) is 34.1. The molecule has 7 heteroatoms. The van der Waals surface area contributed by atoms with Gasteiger partial charge in [0.2, 0.25) is 12.3 Å². The average Bonchev–Trinajstić information content (AvgIpc) is 2.71. The van der Waals surface area contributed by atoms with Gasteiger partial charge >= 0.3 is 5.63 Å². The van der Waals surface area contributed by atoms with Crippen LogP contribution in [-0.2, 0) is 11.2 Å². The van der Waals surface area contributed by atoms with Crippen LogP contribution in [0.2, 0.25) is 0 Å². The number of aliphatic imine (C=N–C) groups is 2. The zero-order valence-corrected chi connectivity index (χ0v) is 18.7. The number of amides is 1. The van der Waals surface area contributed by atoms with Crippen molar-refractivity contribution in [3.63, 3.8) is 0 Å². The molecule has 1 aliphatic rings. The Morgan fingerprint density at radius 1 is 1.37 bits per heavy atom. The van der Waals surface area contributed by atoms with Crippen LogP contribution in [0.25, 0.3) is 5.70 Å². The van der Waals surface area contributed by atoms with Gasteiger partial charge in [-0.3, -0.25) is 9.79 Å². The molecule has 1 aliphatic heterocycles. The summed E-state index contributed by atoms with van der Waals surface area (Å²) in [6.45, 7) is 13.3. The van der Waals surface area contributed by atoms with Crippen LogP contribution in [0.15, 0.2) is 31.8 Å². The third-order valence-electron chi connectivity index (χ3n) is 5.37. The molecule has 0 radical (unpaired) electrons. The van der Waals surface area contributed by atoms with E-state index in [0.717, 1.165) is 55.4 Å². The van der Waals surface area contributed by atoms with Gasteiger partial charge in [-0.1, -0.05) is 33.3 Å². The summed E-state index contributed by atoms with van der Waals surface area (Å²) in [6.07, 6.45) is 6.42. The first-order valence-corrected chi connectivity index (χ1v) is 10.9. The van der Waals surface area contributed by atoms with Gasteiger partial charge < -0.3 is 14.6 Å². The number of carbonyl (C=O) groups is 1. The highest BCUT2D eigenvalue weighted by molar-refractivity contribution is 5.99. The number of aryl methyl sites for hydroxylation is 1. The number of fused-ring (bicyclic) bond motifs is 1. The van der Waals surface area contributed by atoms with Crippen molar-refractivity contribution in [2.75, 3.05) is 13.1 Å². The Bertz CT molecular complexity index is 870. The topological polar surface area (TPSA) is 87.3 Å². The zero-order chi connectivity index (χ0) is 22.1. The van der Waals surface area contributed by atoms with Gasteiger partial charge in [-0.05, 0) is 38.7 Å². The molecule has 0 saturated carbocycles. The normalized spacial score (nSPS) is 14.6. The predicted octanol–water partition coefficient (Wildman–Crippen LogP) is 4.08. The molecule has 2 rings (SSSR count). The number of amidine groups is 1. The number of nitrogens with one attached hydrogen (secondary N) is 1. The average molecular weight is 415 g/mol. The summed E-state index contributed by atoms with van der Waals surface area (Å²) in [6, 6.07) is 1.63. The molecule has 0 spiro atoms. The molecule has 7 nitrogen and oxygen atoms in total. The third-order valence-corrected chi connectivity index (χ3v) is 5.37. The molecular weight excluding hydrogens is 380 g/mol. The molecule has 0 aromatic carbocycles. The van der Waals surface area contributed by atoms with E-state index in [1.165, 1.54) is 0 Å². The summed E-state index contributed by atoms with van der Waals surface area (Å²) >= 11 is 0. The lowest BCUT2D eigenvalue weighted by atomic mass is 10.0. The standard InChI is InChI=1S/C23H34N4O3/c1-6-9-10-11-18-13-21(29)30-23-22(18)17(5)25-20(26-23)14-24-19(7-2)12-16(4)27(8-3)15-28/h13,15-16H,5-12,14H2,1-4H3,(H,25,26). The highest BCUT2D eigenvalue weighted by Gasteiger charge is 2.21. The number of rotatable bonds is 12. The van der Waals surface area contributed by atoms with Crippen LogP contribution in [0.4, 0.5) is 5.88 Å². The number of nitrogens with zero attached hydrogens (tertiary/aromatic N) is 3. The Balaban J connectivity index is 2.20. The van der Waals surface area contributed by atoms with E-state index in [4.69, 9.17) is 4.42 Å². The fourth-order valence-corrected chi connectivity index (χ4v) is 3.61. The Morgan fingerprint density at radius 2 is 2.13 bits per heavy atom. The van der Waals surface area contributed by atoms with Crippen molar-refractivity contribution in [2.24, 2.45) is 9.98 Å². The monoisotopic (exact) mass is 414 g/mol. The van der Waals surface area contributed by atoms with Crippen LogP contribution in [0.3, 0.4) is 0 Å². The summed E-state index contributed by atoms with van der Waals surface area (Å²) in [5, 5.41) is 3.22. The molecule has 0 saturated heterocycles. The largest absolute Gasteiger partial charge is 0.403 e. The van der Waals surface area contributed by atoms with E-state index in [1.807, 2.05) is 13.8 Å². The summed E-state index contributed by atoms with van der Waals surface area (Å²) in [7, 11) is 0. The lowest BCUT2D eigenvalue weighted by Gasteiger charge is -2.24. The highest BCUT2D eigenvalue weighted by Crippen LogP contribution is 2.30. The Hall–Kier alpha value is -2.70. The molecular formula is C23H34N4O3. The molecule has 1 unspecified atom stereocenters. The maximum absolute atomic E-state index is 12.0. The fraction of sp³-hybridized carbons (Fsp3) is 0.565. The minimum absolute atomic E-state index is 0.0897. The van der Waals surface area contributed by atoms with Crippen molar-refractivity contribution >= 4 is 29.5 Å². The first kappa shape index (κ1) is 23.6. The third kappa shape index (κ3) is 6.15. The number of hydrogen-bond acceptors (Lipinski definition) is 6. The molecule has 1 N–H and O–H groups in total. The molecule has 1 atom stereocenters. The Morgan fingerprint density at radius 3 is 2.77 bits per heavy atom. The first-order chi connectivity index (χ1) is 14.4. The Labute approximate surface area is 179 Å². The van der Waals surface area contributed by atoms with Crippen LogP contribution in [0.5, 0.6) is 0 Å². The van der Waals surface area contributed by atoms with Crippen molar-refractivity contribution in [1.82, 2.24) is 10.2 Å². The van der Waals surface area contributed by atoms with E-state index in [-0.39, 0.29) is 6.04 Å². The van der Waals surface area contributed by atoms with Gasteiger partial charge in [-0.25, -0.2) is 4.79 Å². The number of hydrogen-bond donors (Lipinski definition) is 1. The minimum atomic E-state index is -0.391. The predicted molar refractivity (Wildman–Crippen MR) is 123 cm³/mol. The second-order valence-corrected chi connectivity index (χ2v) is 7.61. The number of unbranched alkanes of at least 4 members (excludes halogenated alkanes) is 2. The van der Waals surface area contributed by atoms with Crippen LogP contribution < -0.4 is 10.9 Å². The molecule has 1 aromatic rings. The van der Waals surface area contributed by atoms with Crippen LogP contribution in [0.1, 0.15) is 70.9 Å². The molecule has 164 valence electrons. The Kier molecular flexibility index (Phi) is 9.02. The summed E-state index contributed by atoms with van der Waals surface area (Å²) < 4.78 is 5.37. The van der Waals surface area contributed by atoms with Crippen molar-refractivity contribution in [2.45, 2.75) is 72.3 Å². The molecule has 1 aromatic heterocycles. The van der Waals surface area contributed by atoms with Crippen molar-refractivity contribution in [3.8, 4) is 0 Å². The molecule has 1 amide bonds. The van der Waals surface area contributed by atoms with Gasteiger partial charge in [0, 0.05) is 36.5 Å². The summed E-state index contributed by atoms with van der Waals surface area (Å²) in [5.41, 5.74) is 3.02. The van der Waals surface area contributed by atoms with E-state index in [9.17, 15) is 9.59 Å². The van der Waals surface area contributed by atoms with E-state index < -0.39 is 5.63 Å². The van der Waals surface area contributed by atoms with Crippen molar-refractivity contribution in [3.05, 3.63) is 34.2 Å². The fourth-order valence-electron chi connectivity index (χ4n) is 3.61. The van der Waals surface area contributed by atoms with Gasteiger partial charge in [-0.2, -0.15) is 4.99 Å². The highest BCUT2D eigenvalue weighted by atomic mass is 16.4. The first-order valence-electron chi connectivity index (χ1n) is 10.9. The maximum atomic E-state index is 12.0. The SMILES string of the molecule is C=C1NC(CN=C(CC)CC(C)N(C=O)CC)=Nc2oc(=O)cc(CCCCC)c21. The molecule has 2 heterocycles. The van der Waals surface area contributed by atoms with E-state index in [0.29, 0.717) is 36.9 Å². The van der Waals surface area contributed by atoms with E-state index in [1.54, 1.807) is 11.0 Å². The van der Waals surface area contributed by atoms with Gasteiger partial charge in [0.25, 0.3) is 0 Å². The molecule has 0 aliphatic carbocycles. The van der Waals surface area contributed by atoms with Gasteiger partial charge in [0.05, 0.1) is 12.1 Å².